The summed E-state index contributed by atoms with van der Waals surface area (Å²) in [7, 11) is -3.47. The fraction of sp³-hybridized carbons (Fsp3) is 0.278. The van der Waals surface area contributed by atoms with E-state index in [-0.39, 0.29) is 4.90 Å². The number of hydrogen-bond donors (Lipinski definition) is 0. The second kappa shape index (κ2) is 6.53. The fourth-order valence-corrected chi connectivity index (χ4v) is 4.47. The first-order valence-electron chi connectivity index (χ1n) is 7.66. The smallest absolute Gasteiger partial charge is 0.207 e. The molecule has 1 saturated heterocycles. The molecule has 0 N–H and O–H groups in total. The molecule has 1 aliphatic rings. The van der Waals surface area contributed by atoms with Crippen LogP contribution >= 0.6 is 0 Å². The van der Waals surface area contributed by atoms with E-state index in [1.807, 2.05) is 24.3 Å². The van der Waals surface area contributed by atoms with Gasteiger partial charge < -0.3 is 0 Å². The van der Waals surface area contributed by atoms with Crippen LogP contribution in [0, 0.1) is 11.3 Å². The van der Waals surface area contributed by atoms with E-state index in [1.54, 1.807) is 16.4 Å². The van der Waals surface area contributed by atoms with E-state index >= 15 is 0 Å². The highest BCUT2D eigenvalue weighted by molar-refractivity contribution is 7.89. The summed E-state index contributed by atoms with van der Waals surface area (Å²) >= 11 is 0. The van der Waals surface area contributed by atoms with Crippen molar-refractivity contribution in [2.45, 2.75) is 23.7 Å². The van der Waals surface area contributed by atoms with Crippen molar-refractivity contribution in [1.29, 1.82) is 5.26 Å². The van der Waals surface area contributed by atoms with Gasteiger partial charge in [0.2, 0.25) is 10.0 Å². The quantitative estimate of drug-likeness (QED) is 0.870. The first-order valence-corrected chi connectivity index (χ1v) is 9.10. The minimum absolute atomic E-state index is 0.259. The number of piperidine rings is 1. The minimum atomic E-state index is -3.47. The Hall–Kier alpha value is -2.16. The highest BCUT2D eigenvalue weighted by atomic mass is 32.2. The third-order valence-corrected chi connectivity index (χ3v) is 6.26. The topological polar surface area (TPSA) is 61.2 Å². The summed E-state index contributed by atoms with van der Waals surface area (Å²) in [6.07, 6.45) is 1.67. The molecule has 0 unspecified atom stereocenters. The van der Waals surface area contributed by atoms with E-state index in [1.165, 1.54) is 17.7 Å². The van der Waals surface area contributed by atoms with Crippen LogP contribution in [0.3, 0.4) is 0 Å². The Labute approximate surface area is 137 Å². The van der Waals surface area contributed by atoms with Crippen molar-refractivity contribution >= 4 is 10.0 Å². The van der Waals surface area contributed by atoms with Crippen molar-refractivity contribution in [2.75, 3.05) is 13.1 Å². The van der Waals surface area contributed by atoms with Crippen molar-refractivity contribution in [3.05, 3.63) is 65.7 Å². The van der Waals surface area contributed by atoms with Crippen molar-refractivity contribution < 1.29 is 8.42 Å². The van der Waals surface area contributed by atoms with Crippen LogP contribution in [0.1, 0.15) is 29.9 Å². The van der Waals surface area contributed by atoms with Gasteiger partial charge in [-0.1, -0.05) is 30.3 Å². The van der Waals surface area contributed by atoms with Crippen molar-refractivity contribution in [2.24, 2.45) is 0 Å². The lowest BCUT2D eigenvalue weighted by molar-refractivity contribution is 0.319. The Morgan fingerprint density at radius 1 is 0.957 bits per heavy atom. The zero-order chi connectivity index (χ0) is 16.3. The van der Waals surface area contributed by atoms with E-state index in [0.29, 0.717) is 24.6 Å². The maximum absolute atomic E-state index is 12.7. The van der Waals surface area contributed by atoms with Gasteiger partial charge in [0.25, 0.3) is 0 Å². The van der Waals surface area contributed by atoms with Crippen LogP contribution in [0.4, 0.5) is 0 Å². The van der Waals surface area contributed by atoms with Gasteiger partial charge in [-0.15, -0.1) is 0 Å². The molecule has 0 amide bonds. The Kier molecular flexibility index (Phi) is 4.46. The number of sulfonamides is 1. The summed E-state index contributed by atoms with van der Waals surface area (Å²) < 4.78 is 26.9. The average Bonchev–Trinajstić information content (AvgIpc) is 2.62. The lowest BCUT2D eigenvalue weighted by Gasteiger charge is -2.31. The highest BCUT2D eigenvalue weighted by Gasteiger charge is 2.29. The van der Waals surface area contributed by atoms with Gasteiger partial charge >= 0.3 is 0 Å². The van der Waals surface area contributed by atoms with Crippen LogP contribution in [0.25, 0.3) is 0 Å². The third-order valence-electron chi connectivity index (χ3n) is 4.35. The van der Waals surface area contributed by atoms with Crippen LogP contribution in [-0.4, -0.2) is 25.8 Å². The van der Waals surface area contributed by atoms with Gasteiger partial charge in [0.15, 0.2) is 0 Å². The maximum Gasteiger partial charge on any atom is 0.243 e. The molecule has 5 heteroatoms. The number of nitrogens with zero attached hydrogens (tertiary/aromatic N) is 2. The van der Waals surface area contributed by atoms with Gasteiger partial charge in [-0.05, 0) is 48.6 Å². The van der Waals surface area contributed by atoms with Crippen LogP contribution in [0.2, 0.25) is 0 Å². The van der Waals surface area contributed by atoms with E-state index in [9.17, 15) is 8.42 Å². The summed E-state index contributed by atoms with van der Waals surface area (Å²) in [5.74, 6) is 0.420. The zero-order valence-electron chi connectivity index (χ0n) is 12.7. The molecular weight excluding hydrogens is 308 g/mol. The fourth-order valence-electron chi connectivity index (χ4n) is 3.01. The van der Waals surface area contributed by atoms with E-state index in [4.69, 9.17) is 5.26 Å². The van der Waals surface area contributed by atoms with Crippen molar-refractivity contribution in [3.8, 4) is 6.07 Å². The molecule has 0 aromatic heterocycles. The molecule has 23 heavy (non-hydrogen) atoms. The van der Waals surface area contributed by atoms with Crippen LogP contribution in [0.5, 0.6) is 0 Å². The Bertz CT molecular complexity index is 800. The predicted molar refractivity (Wildman–Crippen MR) is 88.3 cm³/mol. The molecule has 1 fully saturated rings. The molecule has 0 saturated carbocycles. The second-order valence-corrected chi connectivity index (χ2v) is 7.66. The number of rotatable bonds is 3. The monoisotopic (exact) mass is 326 g/mol. The number of benzene rings is 2. The summed E-state index contributed by atoms with van der Waals surface area (Å²) in [6.45, 7) is 1.06. The average molecular weight is 326 g/mol. The lowest BCUT2D eigenvalue weighted by atomic mass is 9.90. The lowest BCUT2D eigenvalue weighted by Crippen LogP contribution is -2.37. The molecule has 118 valence electrons. The Balaban J connectivity index is 1.72. The van der Waals surface area contributed by atoms with Gasteiger partial charge in [-0.3, -0.25) is 0 Å². The summed E-state index contributed by atoms with van der Waals surface area (Å²) in [6, 6.07) is 18.4. The Morgan fingerprint density at radius 2 is 1.57 bits per heavy atom. The van der Waals surface area contributed by atoms with Gasteiger partial charge in [-0.25, -0.2) is 8.42 Å². The van der Waals surface area contributed by atoms with Crippen molar-refractivity contribution in [3.63, 3.8) is 0 Å². The summed E-state index contributed by atoms with van der Waals surface area (Å²) in [5, 5.41) is 8.81. The molecule has 0 atom stereocenters. The normalized spacial score (nSPS) is 16.8. The summed E-state index contributed by atoms with van der Waals surface area (Å²) in [5.41, 5.74) is 1.75. The van der Waals surface area contributed by atoms with Gasteiger partial charge in [0, 0.05) is 13.1 Å². The molecular formula is C18H18N2O2S. The van der Waals surface area contributed by atoms with Crippen LogP contribution in [-0.2, 0) is 10.0 Å². The summed E-state index contributed by atoms with van der Waals surface area (Å²) in [4.78, 5) is 0.259. The SMILES string of the molecule is N#Cc1ccc(S(=O)(=O)N2CCC(c3ccccc3)CC2)cc1. The molecule has 0 radical (unpaired) electrons. The highest BCUT2D eigenvalue weighted by Crippen LogP contribution is 2.30. The Morgan fingerprint density at radius 3 is 2.13 bits per heavy atom. The third kappa shape index (κ3) is 3.29. The van der Waals surface area contributed by atoms with Crippen LogP contribution < -0.4 is 0 Å². The van der Waals surface area contributed by atoms with E-state index in [0.717, 1.165) is 12.8 Å². The maximum atomic E-state index is 12.7. The molecule has 1 heterocycles. The number of nitriles is 1. The molecule has 0 aliphatic carbocycles. The van der Waals surface area contributed by atoms with Gasteiger partial charge in [0.05, 0.1) is 16.5 Å². The predicted octanol–water partition coefficient (Wildman–Crippen LogP) is 3.13. The molecule has 4 nitrogen and oxygen atoms in total. The first kappa shape index (κ1) is 15.7. The van der Waals surface area contributed by atoms with E-state index < -0.39 is 10.0 Å². The van der Waals surface area contributed by atoms with E-state index in [2.05, 4.69) is 12.1 Å². The van der Waals surface area contributed by atoms with Gasteiger partial charge in [-0.2, -0.15) is 9.57 Å². The minimum Gasteiger partial charge on any atom is -0.207 e. The first-order chi connectivity index (χ1) is 11.1. The van der Waals surface area contributed by atoms with Crippen molar-refractivity contribution in [1.82, 2.24) is 4.31 Å². The molecule has 0 spiro atoms. The molecule has 1 aliphatic heterocycles. The largest absolute Gasteiger partial charge is 0.243 e. The molecule has 3 rings (SSSR count). The van der Waals surface area contributed by atoms with Crippen LogP contribution in [0.15, 0.2) is 59.5 Å². The molecule has 0 bridgehead atoms. The second-order valence-electron chi connectivity index (χ2n) is 5.73. The standard InChI is InChI=1S/C18H18N2O2S/c19-14-15-6-8-18(9-7-15)23(21,22)20-12-10-17(11-13-20)16-4-2-1-3-5-16/h1-9,17H,10-13H2. The zero-order valence-corrected chi connectivity index (χ0v) is 13.5. The number of hydrogen-bond acceptors (Lipinski definition) is 3. The van der Waals surface area contributed by atoms with Gasteiger partial charge in [0.1, 0.15) is 0 Å². The molecule has 2 aromatic rings. The molecule has 2 aromatic carbocycles.